The first-order valence-corrected chi connectivity index (χ1v) is 13.1. The van der Waals surface area contributed by atoms with Gasteiger partial charge >= 0.3 is 12.1 Å². The highest BCUT2D eigenvalue weighted by molar-refractivity contribution is 5.77. The molecule has 3 aromatic rings. The van der Waals surface area contributed by atoms with Crippen molar-refractivity contribution < 1.29 is 19.4 Å². The van der Waals surface area contributed by atoms with E-state index in [0.717, 1.165) is 43.5 Å². The van der Waals surface area contributed by atoms with Gasteiger partial charge in [0.25, 0.3) is 0 Å². The molecule has 2 heterocycles. The molecule has 1 aliphatic heterocycles. The normalized spacial score (nSPS) is 14.7. The third-order valence-corrected chi connectivity index (χ3v) is 6.44. The van der Waals surface area contributed by atoms with E-state index >= 15 is 0 Å². The number of nitrogens with zero attached hydrogens (tertiary/aromatic N) is 5. The Kier molecular flexibility index (Phi) is 9.14. The lowest BCUT2D eigenvalue weighted by Crippen LogP contribution is -2.34. The molecule has 1 aromatic heterocycles. The average Bonchev–Trinajstić information content (AvgIpc) is 2.94. The summed E-state index contributed by atoms with van der Waals surface area (Å²) in [4.78, 5) is 41.2. The summed E-state index contributed by atoms with van der Waals surface area (Å²) in [6, 6.07) is 15.7. The molecule has 1 aliphatic rings. The van der Waals surface area contributed by atoms with Crippen LogP contribution in [-0.2, 0) is 11.2 Å². The van der Waals surface area contributed by atoms with Gasteiger partial charge in [-0.05, 0) is 49.4 Å². The number of carboxylic acids is 1. The van der Waals surface area contributed by atoms with Crippen LogP contribution in [0.15, 0.2) is 54.6 Å². The number of aromatic nitrogens is 3. The fourth-order valence-electron chi connectivity index (χ4n) is 4.23. The van der Waals surface area contributed by atoms with Crippen molar-refractivity contribution in [1.82, 2.24) is 19.9 Å². The second-order valence-electron chi connectivity index (χ2n) is 9.75. The Morgan fingerprint density at radius 1 is 0.949 bits per heavy atom. The van der Waals surface area contributed by atoms with Crippen molar-refractivity contribution in [3.8, 4) is 5.75 Å². The number of benzene rings is 2. The van der Waals surface area contributed by atoms with Crippen molar-refractivity contribution >= 4 is 29.9 Å². The fourth-order valence-corrected chi connectivity index (χ4v) is 4.23. The molecule has 1 amide bonds. The first kappa shape index (κ1) is 27.6. The molecule has 0 spiro atoms. The molecule has 0 aliphatic carbocycles. The highest BCUT2D eigenvalue weighted by Gasteiger charge is 2.23. The molecular formula is C28H35N7O4. The van der Waals surface area contributed by atoms with Crippen molar-refractivity contribution in [2.75, 3.05) is 42.7 Å². The van der Waals surface area contributed by atoms with E-state index in [9.17, 15) is 14.7 Å². The van der Waals surface area contributed by atoms with Crippen LogP contribution in [0.25, 0.3) is 0 Å². The molecule has 2 aromatic carbocycles. The minimum Gasteiger partial charge on any atom is -0.480 e. The zero-order chi connectivity index (χ0) is 27.8. The number of ether oxygens (including phenoxy) is 1. The highest BCUT2D eigenvalue weighted by Crippen LogP contribution is 2.23. The lowest BCUT2D eigenvalue weighted by atomic mass is 10.1. The van der Waals surface area contributed by atoms with Crippen molar-refractivity contribution in [3.63, 3.8) is 0 Å². The Bertz CT molecular complexity index is 1250. The summed E-state index contributed by atoms with van der Waals surface area (Å²) >= 11 is 0. The van der Waals surface area contributed by atoms with E-state index in [1.54, 1.807) is 38.4 Å². The molecule has 1 unspecified atom stereocenters. The first-order chi connectivity index (χ1) is 18.8. The first-order valence-electron chi connectivity index (χ1n) is 13.1. The van der Waals surface area contributed by atoms with Crippen LogP contribution in [0.3, 0.4) is 0 Å². The van der Waals surface area contributed by atoms with Gasteiger partial charge in [0.05, 0.1) is 6.04 Å². The molecule has 0 radical (unpaired) electrons. The van der Waals surface area contributed by atoms with Crippen LogP contribution < -0.4 is 20.3 Å². The van der Waals surface area contributed by atoms with Crippen LogP contribution in [0, 0.1) is 0 Å². The molecule has 0 bridgehead atoms. The third-order valence-electron chi connectivity index (χ3n) is 6.44. The second kappa shape index (κ2) is 12.9. The zero-order valence-corrected chi connectivity index (χ0v) is 22.5. The largest absolute Gasteiger partial charge is 0.480 e. The number of anilines is 3. The number of nitrogens with one attached hydrogen (secondary N) is 2. The third kappa shape index (κ3) is 7.79. The molecule has 2 atom stereocenters. The van der Waals surface area contributed by atoms with Gasteiger partial charge in [0.2, 0.25) is 17.8 Å². The summed E-state index contributed by atoms with van der Waals surface area (Å²) < 4.78 is 5.24. The van der Waals surface area contributed by atoms with Gasteiger partial charge in [-0.3, -0.25) is 0 Å². The van der Waals surface area contributed by atoms with Crippen LogP contribution in [0.5, 0.6) is 5.75 Å². The number of hydrogen-bond donors (Lipinski definition) is 3. The fraction of sp³-hybridized carbons (Fsp3) is 0.393. The minimum atomic E-state index is -1.04. The summed E-state index contributed by atoms with van der Waals surface area (Å²) in [5.74, 6) is 0.429. The number of carbonyl (C=O) groups excluding carboxylic acids is 1. The van der Waals surface area contributed by atoms with Gasteiger partial charge in [-0.2, -0.15) is 15.0 Å². The molecule has 11 heteroatoms. The van der Waals surface area contributed by atoms with Gasteiger partial charge in [0.15, 0.2) is 0 Å². The van der Waals surface area contributed by atoms with Gasteiger partial charge < -0.3 is 30.3 Å². The number of amides is 1. The summed E-state index contributed by atoms with van der Waals surface area (Å²) in [5.41, 5.74) is 1.83. The number of hydrogen-bond acceptors (Lipinski definition) is 9. The molecule has 0 saturated carbocycles. The molecule has 4 rings (SSSR count). The van der Waals surface area contributed by atoms with E-state index in [4.69, 9.17) is 4.74 Å². The lowest BCUT2D eigenvalue weighted by Gasteiger charge is -2.27. The summed E-state index contributed by atoms with van der Waals surface area (Å²) in [7, 11) is 3.20. The van der Waals surface area contributed by atoms with Crippen molar-refractivity contribution in [2.45, 2.75) is 44.7 Å². The number of carboxylic acid groups (broad SMARTS) is 1. The highest BCUT2D eigenvalue weighted by atomic mass is 16.6. The zero-order valence-electron chi connectivity index (χ0n) is 22.5. The summed E-state index contributed by atoms with van der Waals surface area (Å²) in [5, 5.41) is 16.3. The Morgan fingerprint density at radius 3 is 2.21 bits per heavy atom. The Balaban J connectivity index is 1.53. The maximum absolute atomic E-state index is 12.2. The van der Waals surface area contributed by atoms with Gasteiger partial charge in [-0.1, -0.05) is 42.5 Å². The smallest absolute Gasteiger partial charge is 0.414 e. The van der Waals surface area contributed by atoms with E-state index in [2.05, 4.69) is 30.5 Å². The average molecular weight is 534 g/mol. The van der Waals surface area contributed by atoms with E-state index in [1.165, 1.54) is 4.90 Å². The topological polar surface area (TPSA) is 133 Å². The van der Waals surface area contributed by atoms with Crippen molar-refractivity contribution in [3.05, 3.63) is 65.7 Å². The number of rotatable bonds is 10. The van der Waals surface area contributed by atoms with E-state index < -0.39 is 18.1 Å². The van der Waals surface area contributed by atoms with Crippen molar-refractivity contribution in [2.24, 2.45) is 0 Å². The molecule has 1 saturated heterocycles. The van der Waals surface area contributed by atoms with E-state index in [-0.39, 0.29) is 18.4 Å². The van der Waals surface area contributed by atoms with Crippen LogP contribution >= 0.6 is 0 Å². The van der Waals surface area contributed by atoms with Crippen molar-refractivity contribution in [1.29, 1.82) is 0 Å². The van der Waals surface area contributed by atoms with Gasteiger partial charge in [-0.15, -0.1) is 0 Å². The van der Waals surface area contributed by atoms with Gasteiger partial charge in [0, 0.05) is 33.6 Å². The van der Waals surface area contributed by atoms with Crippen LogP contribution in [0.1, 0.15) is 43.4 Å². The Labute approximate surface area is 228 Å². The maximum Gasteiger partial charge on any atom is 0.414 e. The Morgan fingerprint density at radius 2 is 1.59 bits per heavy atom. The van der Waals surface area contributed by atoms with Crippen LogP contribution in [-0.4, -0.2) is 70.2 Å². The molecule has 11 nitrogen and oxygen atoms in total. The standard InChI is InChI=1S/C28H35N7O4/c1-19(21-10-6-4-7-11-21)29-25-31-26(33-27(32-25)35-16-8-5-9-17-35)30-23(24(36)37)18-20-12-14-22(15-13-20)39-28(38)34(2)3/h4,6-7,10-15,19,23H,5,8-9,16-18H2,1-3H3,(H,36,37)(H2,29,30,31,32,33)/t19?,23-/m0/s1. The predicted octanol–water partition coefficient (Wildman–Crippen LogP) is 4.20. The summed E-state index contributed by atoms with van der Waals surface area (Å²) in [6.45, 7) is 3.70. The van der Waals surface area contributed by atoms with E-state index in [0.29, 0.717) is 17.6 Å². The van der Waals surface area contributed by atoms with E-state index in [1.807, 2.05) is 37.3 Å². The predicted molar refractivity (Wildman–Crippen MR) is 149 cm³/mol. The summed E-state index contributed by atoms with van der Waals surface area (Å²) in [6.07, 6.45) is 2.95. The SMILES string of the molecule is CC(Nc1nc(N[C@@H](Cc2ccc(OC(=O)N(C)C)cc2)C(=O)O)nc(N2CCCCC2)n1)c1ccccc1. The number of carbonyl (C=O) groups is 2. The molecule has 1 fully saturated rings. The van der Waals surface area contributed by atoms with Gasteiger partial charge in [-0.25, -0.2) is 9.59 Å². The quantitative estimate of drug-likeness (QED) is 0.348. The Hall–Kier alpha value is -4.41. The number of aliphatic carboxylic acids is 1. The maximum atomic E-state index is 12.2. The number of piperidine rings is 1. The molecular weight excluding hydrogens is 498 g/mol. The minimum absolute atomic E-state index is 0.0639. The van der Waals surface area contributed by atoms with Crippen LogP contribution in [0.4, 0.5) is 22.6 Å². The molecule has 206 valence electrons. The van der Waals surface area contributed by atoms with Crippen LogP contribution in [0.2, 0.25) is 0 Å². The lowest BCUT2D eigenvalue weighted by molar-refractivity contribution is -0.137. The molecule has 39 heavy (non-hydrogen) atoms. The monoisotopic (exact) mass is 533 g/mol. The second-order valence-corrected chi connectivity index (χ2v) is 9.75. The molecule has 3 N–H and O–H groups in total. The van der Waals surface area contributed by atoms with Gasteiger partial charge in [0.1, 0.15) is 11.8 Å².